The predicted molar refractivity (Wildman–Crippen MR) is 87.0 cm³/mol. The fourth-order valence-electron chi connectivity index (χ4n) is 2.81. The van der Waals surface area contributed by atoms with Gasteiger partial charge in [-0.2, -0.15) is 18.3 Å². The first-order chi connectivity index (χ1) is 12.2. The number of sulfonamides is 1. The molecule has 1 N–H and O–H groups in total. The molecule has 1 aromatic heterocycles. The highest BCUT2D eigenvalue weighted by Crippen LogP contribution is 2.34. The van der Waals surface area contributed by atoms with Gasteiger partial charge < -0.3 is 4.74 Å². The summed E-state index contributed by atoms with van der Waals surface area (Å²) < 4.78 is 72.6. The van der Waals surface area contributed by atoms with Crippen LogP contribution >= 0.6 is 0 Å². The molecule has 1 aromatic carbocycles. The molecule has 3 rings (SSSR count). The van der Waals surface area contributed by atoms with Crippen molar-refractivity contribution in [2.24, 2.45) is 0 Å². The number of nitrogens with zero attached hydrogens (tertiary/aromatic N) is 2. The van der Waals surface area contributed by atoms with Crippen molar-refractivity contribution in [2.45, 2.75) is 37.6 Å². The van der Waals surface area contributed by atoms with E-state index in [1.54, 1.807) is 12.1 Å². The molecule has 0 saturated heterocycles. The van der Waals surface area contributed by atoms with Crippen molar-refractivity contribution in [1.29, 1.82) is 0 Å². The molecule has 2 aromatic rings. The number of aromatic nitrogens is 2. The Balaban J connectivity index is 1.74. The van der Waals surface area contributed by atoms with Crippen molar-refractivity contribution in [3.05, 3.63) is 46.8 Å². The number of benzene rings is 1. The highest BCUT2D eigenvalue weighted by atomic mass is 32.2. The van der Waals surface area contributed by atoms with Gasteiger partial charge in [-0.15, -0.1) is 0 Å². The lowest BCUT2D eigenvalue weighted by atomic mass is 10.1. The summed E-state index contributed by atoms with van der Waals surface area (Å²) in [5, 5.41) is 3.64. The Kier molecular flexibility index (Phi) is 5.09. The van der Waals surface area contributed by atoms with E-state index in [0.29, 0.717) is 18.7 Å². The second-order valence-electron chi connectivity index (χ2n) is 6.01. The summed E-state index contributed by atoms with van der Waals surface area (Å²) in [7, 11) is -3.73. The number of hydrogen-bond donors (Lipinski definition) is 1. The summed E-state index contributed by atoms with van der Waals surface area (Å²) in [6.07, 6.45) is -4.26. The number of hydrogen-bond acceptors (Lipinski definition) is 4. The van der Waals surface area contributed by atoms with Crippen LogP contribution in [0.15, 0.2) is 29.2 Å². The topological polar surface area (TPSA) is 73.2 Å². The average Bonchev–Trinajstić information content (AvgIpc) is 2.94. The first-order valence-electron chi connectivity index (χ1n) is 7.98. The number of fused-ring (bicyclic) bond motifs is 1. The first kappa shape index (κ1) is 18.9. The molecule has 0 bridgehead atoms. The van der Waals surface area contributed by atoms with Gasteiger partial charge in [0.25, 0.3) is 0 Å². The summed E-state index contributed by atoms with van der Waals surface area (Å²) in [6, 6.07) is 6.31. The molecule has 0 atom stereocenters. The molecule has 0 saturated carbocycles. The van der Waals surface area contributed by atoms with Crippen molar-refractivity contribution in [3.8, 4) is 0 Å². The molecule has 1 aliphatic rings. The zero-order valence-electron chi connectivity index (χ0n) is 14.0. The van der Waals surface area contributed by atoms with E-state index in [4.69, 9.17) is 4.74 Å². The molecule has 0 unspecified atom stereocenters. The fourth-order valence-corrected chi connectivity index (χ4v) is 3.83. The number of halogens is 3. The molecule has 6 nitrogen and oxygen atoms in total. The van der Waals surface area contributed by atoms with Gasteiger partial charge in [-0.1, -0.05) is 17.7 Å². The van der Waals surface area contributed by atoms with Crippen LogP contribution in [0.25, 0.3) is 0 Å². The predicted octanol–water partition coefficient (Wildman–Crippen LogP) is 2.26. The van der Waals surface area contributed by atoms with Crippen LogP contribution in [-0.4, -0.2) is 31.3 Å². The van der Waals surface area contributed by atoms with Crippen LogP contribution in [0.5, 0.6) is 0 Å². The van der Waals surface area contributed by atoms with Crippen LogP contribution in [0.1, 0.15) is 22.5 Å². The van der Waals surface area contributed by atoms with Gasteiger partial charge >= 0.3 is 6.18 Å². The van der Waals surface area contributed by atoms with Crippen molar-refractivity contribution in [3.63, 3.8) is 0 Å². The van der Waals surface area contributed by atoms with Crippen LogP contribution in [0.3, 0.4) is 0 Å². The van der Waals surface area contributed by atoms with Crippen molar-refractivity contribution >= 4 is 10.0 Å². The standard InChI is InChI=1S/C16H18F3N3O3S/c1-11-2-4-12(5-3-11)26(23,24)20-7-8-22-14-6-9-25-10-13(14)15(21-22)16(17,18)19/h2-5,20H,6-10H2,1H3. The average molecular weight is 389 g/mol. The van der Waals surface area contributed by atoms with Gasteiger partial charge in [0.15, 0.2) is 5.69 Å². The van der Waals surface area contributed by atoms with E-state index in [1.807, 2.05) is 6.92 Å². The molecule has 0 aliphatic carbocycles. The summed E-state index contributed by atoms with van der Waals surface area (Å²) in [5.41, 5.74) is 0.436. The van der Waals surface area contributed by atoms with Gasteiger partial charge in [-0.25, -0.2) is 13.1 Å². The maximum absolute atomic E-state index is 13.1. The highest BCUT2D eigenvalue weighted by molar-refractivity contribution is 7.89. The Hall–Kier alpha value is -1.91. The third-order valence-corrected chi connectivity index (χ3v) is 5.59. The molecule has 0 radical (unpaired) electrons. The number of alkyl halides is 3. The maximum atomic E-state index is 13.1. The Morgan fingerprint density at radius 1 is 1.27 bits per heavy atom. The summed E-state index contributed by atoms with van der Waals surface area (Å²) >= 11 is 0. The molecule has 142 valence electrons. The number of ether oxygens (including phenoxy) is 1. The monoisotopic (exact) mass is 389 g/mol. The van der Waals surface area contributed by atoms with Crippen LogP contribution in [0.2, 0.25) is 0 Å². The quantitative estimate of drug-likeness (QED) is 0.852. The molecule has 0 spiro atoms. The molecule has 10 heteroatoms. The van der Waals surface area contributed by atoms with Gasteiger partial charge in [0.2, 0.25) is 10.0 Å². The second kappa shape index (κ2) is 7.01. The van der Waals surface area contributed by atoms with Crippen molar-refractivity contribution in [1.82, 2.24) is 14.5 Å². The fraction of sp³-hybridized carbons (Fsp3) is 0.438. The van der Waals surface area contributed by atoms with Gasteiger partial charge in [0, 0.05) is 24.2 Å². The molecule has 26 heavy (non-hydrogen) atoms. The normalized spacial score (nSPS) is 15.1. The van der Waals surface area contributed by atoms with E-state index >= 15 is 0 Å². The lowest BCUT2D eigenvalue weighted by Crippen LogP contribution is -2.28. The Labute approximate surface area is 149 Å². The zero-order chi connectivity index (χ0) is 18.9. The minimum absolute atomic E-state index is 0.00348. The second-order valence-corrected chi connectivity index (χ2v) is 7.78. The molecule has 2 heterocycles. The van der Waals surface area contributed by atoms with Crippen LogP contribution in [0.4, 0.5) is 13.2 Å². The third kappa shape index (κ3) is 3.92. The summed E-state index contributed by atoms with van der Waals surface area (Å²) in [6.45, 7) is 1.95. The van der Waals surface area contributed by atoms with E-state index in [2.05, 4.69) is 9.82 Å². The van der Waals surface area contributed by atoms with Gasteiger partial charge in [0.1, 0.15) is 0 Å². The van der Waals surface area contributed by atoms with Crippen molar-refractivity contribution in [2.75, 3.05) is 13.2 Å². The molecule has 0 fully saturated rings. The van der Waals surface area contributed by atoms with Gasteiger partial charge in [-0.05, 0) is 19.1 Å². The van der Waals surface area contributed by atoms with E-state index in [-0.39, 0.29) is 30.2 Å². The zero-order valence-corrected chi connectivity index (χ0v) is 14.8. The smallest absolute Gasteiger partial charge is 0.376 e. The lowest BCUT2D eigenvalue weighted by molar-refractivity contribution is -0.142. The molecular formula is C16H18F3N3O3S. The van der Waals surface area contributed by atoms with Crippen LogP contribution in [-0.2, 0) is 40.5 Å². The number of aryl methyl sites for hydroxylation is 1. The van der Waals surface area contributed by atoms with E-state index in [9.17, 15) is 21.6 Å². The third-order valence-electron chi connectivity index (χ3n) is 4.11. The van der Waals surface area contributed by atoms with Crippen LogP contribution < -0.4 is 4.72 Å². The van der Waals surface area contributed by atoms with E-state index in [0.717, 1.165) is 5.56 Å². The Bertz CT molecular complexity index is 890. The Morgan fingerprint density at radius 3 is 2.62 bits per heavy atom. The van der Waals surface area contributed by atoms with E-state index < -0.39 is 21.9 Å². The largest absolute Gasteiger partial charge is 0.435 e. The maximum Gasteiger partial charge on any atom is 0.435 e. The Morgan fingerprint density at radius 2 is 1.96 bits per heavy atom. The number of rotatable bonds is 5. The minimum Gasteiger partial charge on any atom is -0.376 e. The first-order valence-corrected chi connectivity index (χ1v) is 9.46. The SMILES string of the molecule is Cc1ccc(S(=O)(=O)NCCn2nc(C(F)(F)F)c3c2CCOC3)cc1. The molecule has 0 amide bonds. The number of nitrogens with one attached hydrogen (secondary N) is 1. The molecular weight excluding hydrogens is 371 g/mol. The summed E-state index contributed by atoms with van der Waals surface area (Å²) in [4.78, 5) is 0.106. The lowest BCUT2D eigenvalue weighted by Gasteiger charge is -2.15. The minimum atomic E-state index is -4.57. The van der Waals surface area contributed by atoms with E-state index in [1.165, 1.54) is 16.8 Å². The van der Waals surface area contributed by atoms with Gasteiger partial charge in [-0.3, -0.25) is 4.68 Å². The highest BCUT2D eigenvalue weighted by Gasteiger charge is 2.39. The molecule has 1 aliphatic heterocycles. The van der Waals surface area contributed by atoms with Crippen LogP contribution in [0, 0.1) is 6.92 Å². The van der Waals surface area contributed by atoms with Crippen molar-refractivity contribution < 1.29 is 26.3 Å². The summed E-state index contributed by atoms with van der Waals surface area (Å²) in [5.74, 6) is 0. The van der Waals surface area contributed by atoms with Gasteiger partial charge in [0.05, 0.1) is 24.7 Å².